The fourth-order valence-corrected chi connectivity index (χ4v) is 3.01. The maximum absolute atomic E-state index is 14.9. The van der Waals surface area contributed by atoms with E-state index in [9.17, 15) is 18.0 Å². The molecule has 2 rings (SSSR count). The molecular weight excluding hydrogens is 546 g/mol. The molecule has 0 aromatic heterocycles. The van der Waals surface area contributed by atoms with Crippen molar-refractivity contribution in [2.24, 2.45) is 0 Å². The lowest BCUT2D eigenvalue weighted by Gasteiger charge is -2.17. The lowest BCUT2D eigenvalue weighted by atomic mass is 10.1. The van der Waals surface area contributed by atoms with E-state index in [1.165, 1.54) is 12.1 Å². The van der Waals surface area contributed by atoms with E-state index in [2.05, 4.69) is 10.6 Å². The molecule has 5 N–H and O–H groups in total. The van der Waals surface area contributed by atoms with Gasteiger partial charge in [-0.3, -0.25) is 9.63 Å². The minimum atomic E-state index is -1.39. The third kappa shape index (κ3) is 7.56. The molecule has 0 aliphatic carbocycles. The van der Waals surface area contributed by atoms with Crippen molar-refractivity contribution in [2.45, 2.75) is 6.61 Å². The summed E-state index contributed by atoms with van der Waals surface area (Å²) in [5, 5.41) is 22.8. The number of aliphatic hydroxyl groups excluding tert-OH is 2. The molecular formula is C20H23F3IN3O5. The van der Waals surface area contributed by atoms with Crippen LogP contribution in [0.2, 0.25) is 0 Å². The number of hydrogen-bond acceptors (Lipinski definition) is 7. The Balaban J connectivity index is 2.31. The SMILES string of the molecule is O=C(NOCCO)c1cc(COCCNCCO)c(F)c(F)c1Nc1ccc(I)cc1F. The minimum absolute atomic E-state index is 0.0493. The van der Waals surface area contributed by atoms with Crippen LogP contribution in [0.3, 0.4) is 0 Å². The Hall–Kier alpha value is -1.97. The molecule has 0 saturated carbocycles. The number of rotatable bonds is 13. The lowest BCUT2D eigenvalue weighted by molar-refractivity contribution is 0.0168. The van der Waals surface area contributed by atoms with Crippen molar-refractivity contribution in [3.63, 3.8) is 0 Å². The summed E-state index contributed by atoms with van der Waals surface area (Å²) >= 11 is 1.89. The molecule has 2 aromatic carbocycles. The zero-order chi connectivity index (χ0) is 23.5. The van der Waals surface area contributed by atoms with E-state index >= 15 is 0 Å². The number of amides is 1. The second-order valence-electron chi connectivity index (χ2n) is 6.36. The van der Waals surface area contributed by atoms with Gasteiger partial charge in [0.1, 0.15) is 5.82 Å². The molecule has 0 spiro atoms. The fourth-order valence-electron chi connectivity index (χ4n) is 2.56. The Morgan fingerprint density at radius 3 is 2.50 bits per heavy atom. The van der Waals surface area contributed by atoms with E-state index in [1.54, 1.807) is 6.07 Å². The molecule has 12 heteroatoms. The summed E-state index contributed by atoms with van der Waals surface area (Å²) in [6.45, 7) is -0.0955. The van der Waals surface area contributed by atoms with Crippen LogP contribution < -0.4 is 16.1 Å². The molecule has 1 amide bonds. The zero-order valence-corrected chi connectivity index (χ0v) is 19.0. The molecule has 176 valence electrons. The van der Waals surface area contributed by atoms with Crippen LogP contribution in [0.4, 0.5) is 24.5 Å². The first-order chi connectivity index (χ1) is 15.4. The van der Waals surface area contributed by atoms with E-state index < -0.39 is 29.0 Å². The summed E-state index contributed by atoms with van der Waals surface area (Å²) in [4.78, 5) is 17.3. The number of nitrogens with one attached hydrogen (secondary N) is 3. The first-order valence-electron chi connectivity index (χ1n) is 9.54. The van der Waals surface area contributed by atoms with E-state index in [-0.39, 0.29) is 49.8 Å². The summed E-state index contributed by atoms with van der Waals surface area (Å²) in [6.07, 6.45) is 0. The Labute approximate surface area is 196 Å². The summed E-state index contributed by atoms with van der Waals surface area (Å²) in [5.74, 6) is -4.30. The predicted molar refractivity (Wildman–Crippen MR) is 119 cm³/mol. The maximum atomic E-state index is 14.9. The molecule has 0 fully saturated rings. The molecule has 2 aromatic rings. The highest BCUT2D eigenvalue weighted by Crippen LogP contribution is 2.30. The van der Waals surface area contributed by atoms with Crippen LogP contribution in [0.25, 0.3) is 0 Å². The van der Waals surface area contributed by atoms with Crippen LogP contribution in [0.15, 0.2) is 24.3 Å². The normalized spacial score (nSPS) is 10.9. The second kappa shape index (κ2) is 13.5. The number of anilines is 2. The molecule has 0 bridgehead atoms. The zero-order valence-electron chi connectivity index (χ0n) is 16.9. The highest BCUT2D eigenvalue weighted by atomic mass is 127. The van der Waals surface area contributed by atoms with Gasteiger partial charge in [0.05, 0.1) is 50.0 Å². The van der Waals surface area contributed by atoms with E-state index in [0.717, 1.165) is 6.07 Å². The number of carbonyl (C=O) groups is 1. The number of aliphatic hydroxyl groups is 2. The number of ether oxygens (including phenoxy) is 1. The van der Waals surface area contributed by atoms with Crippen molar-refractivity contribution in [3.05, 3.63) is 56.4 Å². The number of hydroxylamine groups is 1. The Morgan fingerprint density at radius 2 is 1.81 bits per heavy atom. The number of carbonyl (C=O) groups excluding carboxylic acids is 1. The molecule has 0 aliphatic heterocycles. The first-order valence-corrected chi connectivity index (χ1v) is 10.6. The lowest BCUT2D eigenvalue weighted by Crippen LogP contribution is -2.27. The van der Waals surface area contributed by atoms with Crippen LogP contribution in [-0.2, 0) is 16.2 Å². The summed E-state index contributed by atoms with van der Waals surface area (Å²) in [5.41, 5.74) is 0.694. The largest absolute Gasteiger partial charge is 0.395 e. The average molecular weight is 569 g/mol. The van der Waals surface area contributed by atoms with Gasteiger partial charge < -0.3 is 25.6 Å². The van der Waals surface area contributed by atoms with Crippen molar-refractivity contribution in [3.8, 4) is 0 Å². The van der Waals surface area contributed by atoms with Gasteiger partial charge in [-0.25, -0.2) is 18.7 Å². The van der Waals surface area contributed by atoms with E-state index in [1.807, 2.05) is 28.1 Å². The second-order valence-corrected chi connectivity index (χ2v) is 7.61. The molecule has 0 unspecified atom stereocenters. The van der Waals surface area contributed by atoms with Gasteiger partial charge in [0.2, 0.25) is 0 Å². The van der Waals surface area contributed by atoms with Crippen molar-refractivity contribution >= 4 is 39.9 Å². The van der Waals surface area contributed by atoms with Crippen LogP contribution >= 0.6 is 22.6 Å². The predicted octanol–water partition coefficient (Wildman–Crippen LogP) is 2.20. The van der Waals surface area contributed by atoms with Crippen molar-refractivity contribution < 1.29 is 37.8 Å². The van der Waals surface area contributed by atoms with Gasteiger partial charge in [0, 0.05) is 22.2 Å². The topological polar surface area (TPSA) is 112 Å². The highest BCUT2D eigenvalue weighted by Gasteiger charge is 2.24. The van der Waals surface area contributed by atoms with Gasteiger partial charge in [-0.05, 0) is 46.9 Å². The van der Waals surface area contributed by atoms with Gasteiger partial charge in [-0.1, -0.05) is 0 Å². The number of benzene rings is 2. The van der Waals surface area contributed by atoms with Crippen LogP contribution in [0.5, 0.6) is 0 Å². The summed E-state index contributed by atoms with van der Waals surface area (Å²) in [6, 6.07) is 5.14. The summed E-state index contributed by atoms with van der Waals surface area (Å²) in [7, 11) is 0. The fraction of sp³-hybridized carbons (Fsp3) is 0.350. The molecule has 32 heavy (non-hydrogen) atoms. The third-order valence-corrected chi connectivity index (χ3v) is 4.72. The number of halogens is 4. The van der Waals surface area contributed by atoms with Crippen LogP contribution in [-0.4, -0.2) is 55.6 Å². The standard InChI is InChI=1S/C20H23F3IN3O5/c21-15-10-13(24)1-2-16(15)26-19-14(20(30)27-32-8-6-29)9-12(17(22)18(19)23)11-31-7-4-25-3-5-28/h1-2,9-10,25-26,28-29H,3-8,11H2,(H,27,30). The van der Waals surface area contributed by atoms with Crippen molar-refractivity contribution in [1.82, 2.24) is 10.8 Å². The van der Waals surface area contributed by atoms with Crippen molar-refractivity contribution in [2.75, 3.05) is 44.8 Å². The monoisotopic (exact) mass is 569 g/mol. The number of hydrogen-bond donors (Lipinski definition) is 5. The summed E-state index contributed by atoms with van der Waals surface area (Å²) < 4.78 is 49.7. The third-order valence-electron chi connectivity index (χ3n) is 4.04. The first kappa shape index (κ1) is 26.3. The van der Waals surface area contributed by atoms with Gasteiger partial charge in [-0.2, -0.15) is 0 Å². The minimum Gasteiger partial charge on any atom is -0.395 e. The maximum Gasteiger partial charge on any atom is 0.277 e. The Bertz CT molecular complexity index is 921. The molecule has 8 nitrogen and oxygen atoms in total. The van der Waals surface area contributed by atoms with Crippen LogP contribution in [0, 0.1) is 21.0 Å². The van der Waals surface area contributed by atoms with Gasteiger partial charge in [-0.15, -0.1) is 0 Å². The van der Waals surface area contributed by atoms with Crippen LogP contribution in [0.1, 0.15) is 15.9 Å². The Kier molecular flexibility index (Phi) is 11.1. The Morgan fingerprint density at radius 1 is 1.03 bits per heavy atom. The average Bonchev–Trinajstić information content (AvgIpc) is 2.76. The smallest absolute Gasteiger partial charge is 0.277 e. The molecule has 0 saturated heterocycles. The van der Waals surface area contributed by atoms with Gasteiger partial charge in [0.25, 0.3) is 5.91 Å². The van der Waals surface area contributed by atoms with E-state index in [4.69, 9.17) is 19.8 Å². The highest BCUT2D eigenvalue weighted by molar-refractivity contribution is 14.1. The van der Waals surface area contributed by atoms with Gasteiger partial charge in [0.15, 0.2) is 11.6 Å². The van der Waals surface area contributed by atoms with Gasteiger partial charge >= 0.3 is 0 Å². The molecule has 0 atom stereocenters. The quantitative estimate of drug-likeness (QED) is 0.143. The molecule has 0 aliphatic rings. The molecule has 0 radical (unpaired) electrons. The van der Waals surface area contributed by atoms with E-state index in [0.29, 0.717) is 16.7 Å². The van der Waals surface area contributed by atoms with Crippen molar-refractivity contribution in [1.29, 1.82) is 0 Å². The molecule has 0 heterocycles.